The Kier molecular flexibility index (Phi) is 6.02. The lowest BCUT2D eigenvalue weighted by molar-refractivity contribution is 0.102. The molecule has 28 heavy (non-hydrogen) atoms. The first-order valence-electron chi connectivity index (χ1n) is 8.51. The van der Waals surface area contributed by atoms with Gasteiger partial charge in [0.15, 0.2) is 0 Å². The van der Waals surface area contributed by atoms with E-state index in [1.807, 2.05) is 18.2 Å². The second-order valence-corrected chi connectivity index (χ2v) is 8.61. The summed E-state index contributed by atoms with van der Waals surface area (Å²) in [7, 11) is -3.50. The highest BCUT2D eigenvalue weighted by atomic mass is 35.5. The molecule has 0 saturated carbocycles. The standard InChI is InChI=1S/C21H19ClN2O3S/c1-28(26,27)24(20-9-5-6-18(22)14-20)15-16-10-12-17(13-11-16)21(25)23-19-7-3-2-4-8-19/h2-14H,15H2,1H3,(H,23,25). The average Bonchev–Trinajstić information content (AvgIpc) is 2.66. The number of benzene rings is 3. The monoisotopic (exact) mass is 414 g/mol. The molecule has 3 aromatic carbocycles. The molecule has 0 bridgehead atoms. The van der Waals surface area contributed by atoms with E-state index in [1.54, 1.807) is 60.7 Å². The molecule has 3 aromatic rings. The highest BCUT2D eigenvalue weighted by Gasteiger charge is 2.18. The number of amides is 1. The minimum absolute atomic E-state index is 0.139. The molecule has 3 rings (SSSR count). The van der Waals surface area contributed by atoms with Gasteiger partial charge in [0.2, 0.25) is 10.0 Å². The largest absolute Gasteiger partial charge is 0.322 e. The van der Waals surface area contributed by atoms with Crippen LogP contribution in [0, 0.1) is 0 Å². The molecule has 0 heterocycles. The average molecular weight is 415 g/mol. The van der Waals surface area contributed by atoms with Crippen LogP contribution < -0.4 is 9.62 Å². The Morgan fingerprint density at radius 3 is 2.25 bits per heavy atom. The Balaban J connectivity index is 1.77. The topological polar surface area (TPSA) is 66.5 Å². The number of para-hydroxylation sites is 1. The molecule has 0 atom stereocenters. The van der Waals surface area contributed by atoms with Gasteiger partial charge in [0.1, 0.15) is 0 Å². The summed E-state index contributed by atoms with van der Waals surface area (Å²) >= 11 is 6.00. The van der Waals surface area contributed by atoms with Gasteiger partial charge in [0.25, 0.3) is 5.91 Å². The smallest absolute Gasteiger partial charge is 0.255 e. The van der Waals surface area contributed by atoms with Gasteiger partial charge in [0, 0.05) is 16.3 Å². The molecule has 0 aliphatic rings. The maximum atomic E-state index is 12.3. The number of nitrogens with zero attached hydrogens (tertiary/aromatic N) is 1. The molecule has 0 aliphatic heterocycles. The highest BCUT2D eigenvalue weighted by Crippen LogP contribution is 2.24. The number of carbonyl (C=O) groups excluding carboxylic acids is 1. The number of carbonyl (C=O) groups is 1. The van der Waals surface area contributed by atoms with Crippen molar-refractivity contribution in [3.8, 4) is 0 Å². The molecule has 0 saturated heterocycles. The zero-order chi connectivity index (χ0) is 20.1. The van der Waals surface area contributed by atoms with Crippen LogP contribution in [0.4, 0.5) is 11.4 Å². The molecule has 0 unspecified atom stereocenters. The quantitative estimate of drug-likeness (QED) is 0.643. The molecule has 0 aromatic heterocycles. The van der Waals surface area contributed by atoms with E-state index < -0.39 is 10.0 Å². The maximum Gasteiger partial charge on any atom is 0.255 e. The van der Waals surface area contributed by atoms with Crippen LogP contribution in [0.25, 0.3) is 0 Å². The zero-order valence-electron chi connectivity index (χ0n) is 15.2. The summed E-state index contributed by atoms with van der Waals surface area (Å²) in [4.78, 5) is 12.3. The molecule has 144 valence electrons. The van der Waals surface area contributed by atoms with Crippen molar-refractivity contribution in [2.24, 2.45) is 0 Å². The van der Waals surface area contributed by atoms with Crippen molar-refractivity contribution in [1.29, 1.82) is 0 Å². The molecule has 1 N–H and O–H groups in total. The minimum Gasteiger partial charge on any atom is -0.322 e. The van der Waals surface area contributed by atoms with Crippen LogP contribution in [0.3, 0.4) is 0 Å². The fourth-order valence-corrected chi connectivity index (χ4v) is 3.75. The fraction of sp³-hybridized carbons (Fsp3) is 0.0952. The Hall–Kier alpha value is -2.83. The molecule has 0 aliphatic carbocycles. The van der Waals surface area contributed by atoms with Crippen molar-refractivity contribution in [1.82, 2.24) is 0 Å². The van der Waals surface area contributed by atoms with Crippen molar-refractivity contribution in [3.63, 3.8) is 0 Å². The maximum absolute atomic E-state index is 12.3. The number of hydrogen-bond donors (Lipinski definition) is 1. The van der Waals surface area contributed by atoms with Gasteiger partial charge < -0.3 is 5.32 Å². The summed E-state index contributed by atoms with van der Waals surface area (Å²) in [6.45, 7) is 0.139. The van der Waals surface area contributed by atoms with Crippen molar-refractivity contribution in [3.05, 3.63) is 95.0 Å². The van der Waals surface area contributed by atoms with Crippen molar-refractivity contribution >= 4 is 38.9 Å². The minimum atomic E-state index is -3.50. The first-order chi connectivity index (χ1) is 13.3. The number of hydrogen-bond acceptors (Lipinski definition) is 3. The fourth-order valence-electron chi connectivity index (χ4n) is 2.68. The SMILES string of the molecule is CS(=O)(=O)N(Cc1ccc(C(=O)Nc2ccccc2)cc1)c1cccc(Cl)c1. The van der Waals surface area contributed by atoms with E-state index in [0.717, 1.165) is 11.8 Å². The number of rotatable bonds is 6. The van der Waals surface area contributed by atoms with Crippen LogP contribution in [0.15, 0.2) is 78.9 Å². The predicted molar refractivity (Wildman–Crippen MR) is 113 cm³/mol. The molecule has 5 nitrogen and oxygen atoms in total. The molecular formula is C21H19ClN2O3S. The van der Waals surface area contributed by atoms with Crippen LogP contribution in [0.5, 0.6) is 0 Å². The second kappa shape index (κ2) is 8.46. The van der Waals surface area contributed by atoms with Gasteiger partial charge in [-0.3, -0.25) is 9.10 Å². The lowest BCUT2D eigenvalue weighted by atomic mass is 10.1. The van der Waals surface area contributed by atoms with Gasteiger partial charge in [-0.05, 0) is 48.0 Å². The number of halogens is 1. The Labute approximate surface area is 169 Å². The third-order valence-corrected chi connectivity index (χ3v) is 5.45. The number of nitrogens with one attached hydrogen (secondary N) is 1. The molecular weight excluding hydrogens is 396 g/mol. The number of anilines is 2. The van der Waals surface area contributed by atoms with Crippen molar-refractivity contribution in [2.75, 3.05) is 15.9 Å². The van der Waals surface area contributed by atoms with Gasteiger partial charge in [-0.2, -0.15) is 0 Å². The molecule has 7 heteroatoms. The second-order valence-electron chi connectivity index (χ2n) is 6.27. The summed E-state index contributed by atoms with van der Waals surface area (Å²) in [6.07, 6.45) is 1.15. The normalized spacial score (nSPS) is 11.1. The summed E-state index contributed by atoms with van der Waals surface area (Å²) < 4.78 is 25.8. The highest BCUT2D eigenvalue weighted by molar-refractivity contribution is 7.92. The summed E-state index contributed by atoms with van der Waals surface area (Å²) in [5, 5.41) is 3.27. The third-order valence-electron chi connectivity index (χ3n) is 4.07. The third kappa shape index (κ3) is 5.12. The van der Waals surface area contributed by atoms with Crippen LogP contribution in [0.2, 0.25) is 5.02 Å². The van der Waals surface area contributed by atoms with E-state index in [1.165, 1.54) is 4.31 Å². The van der Waals surface area contributed by atoms with Gasteiger partial charge >= 0.3 is 0 Å². The lowest BCUT2D eigenvalue weighted by Gasteiger charge is -2.22. The molecule has 0 fully saturated rings. The van der Waals surface area contributed by atoms with E-state index in [-0.39, 0.29) is 12.5 Å². The van der Waals surface area contributed by atoms with Crippen LogP contribution in [0.1, 0.15) is 15.9 Å². The Morgan fingerprint density at radius 1 is 0.964 bits per heavy atom. The van der Waals surface area contributed by atoms with E-state index in [2.05, 4.69) is 5.32 Å². The van der Waals surface area contributed by atoms with Gasteiger partial charge in [-0.1, -0.05) is 48.0 Å². The summed E-state index contributed by atoms with van der Waals surface area (Å²) in [5.41, 5.74) is 2.43. The summed E-state index contributed by atoms with van der Waals surface area (Å²) in [6, 6.07) is 22.7. The van der Waals surface area contributed by atoms with Gasteiger partial charge in [-0.25, -0.2) is 8.42 Å². The van der Waals surface area contributed by atoms with Crippen molar-refractivity contribution in [2.45, 2.75) is 6.54 Å². The van der Waals surface area contributed by atoms with Crippen LogP contribution >= 0.6 is 11.6 Å². The van der Waals surface area contributed by atoms with E-state index in [0.29, 0.717) is 22.0 Å². The Bertz CT molecular complexity index is 1070. The zero-order valence-corrected chi connectivity index (χ0v) is 16.7. The molecule has 1 amide bonds. The van der Waals surface area contributed by atoms with E-state index in [4.69, 9.17) is 11.6 Å². The van der Waals surface area contributed by atoms with E-state index >= 15 is 0 Å². The van der Waals surface area contributed by atoms with Crippen molar-refractivity contribution < 1.29 is 13.2 Å². The van der Waals surface area contributed by atoms with Gasteiger partial charge in [0.05, 0.1) is 18.5 Å². The first-order valence-corrected chi connectivity index (χ1v) is 10.7. The Morgan fingerprint density at radius 2 is 1.64 bits per heavy atom. The van der Waals surface area contributed by atoms with Gasteiger partial charge in [-0.15, -0.1) is 0 Å². The first kappa shape index (κ1) is 19.9. The van der Waals surface area contributed by atoms with E-state index in [9.17, 15) is 13.2 Å². The predicted octanol–water partition coefficient (Wildman–Crippen LogP) is 4.56. The molecule has 0 spiro atoms. The van der Waals surface area contributed by atoms with Crippen LogP contribution in [-0.2, 0) is 16.6 Å². The summed E-state index contributed by atoms with van der Waals surface area (Å²) in [5.74, 6) is -0.229. The lowest BCUT2D eigenvalue weighted by Crippen LogP contribution is -2.29. The number of sulfonamides is 1. The van der Waals surface area contributed by atoms with Crippen LogP contribution in [-0.4, -0.2) is 20.6 Å². The molecule has 0 radical (unpaired) electrons.